The van der Waals surface area contributed by atoms with Gasteiger partial charge in [0.15, 0.2) is 11.0 Å². The highest BCUT2D eigenvalue weighted by Crippen LogP contribution is 2.31. The van der Waals surface area contributed by atoms with Crippen LogP contribution >= 0.6 is 11.8 Å². The van der Waals surface area contributed by atoms with Gasteiger partial charge >= 0.3 is 0 Å². The average molecular weight is 354 g/mol. The number of para-hydroxylation sites is 1. The van der Waals surface area contributed by atoms with E-state index < -0.39 is 5.25 Å². The SMILES string of the molecule is CCN1C(=O)[C@@H](CC(=O)Nc2ccccc2)SC1=Nc1ccccn1. The maximum absolute atomic E-state index is 12.5. The molecule has 0 saturated carbocycles. The van der Waals surface area contributed by atoms with Gasteiger partial charge in [-0.05, 0) is 31.2 Å². The van der Waals surface area contributed by atoms with Crippen molar-refractivity contribution >= 4 is 40.2 Å². The topological polar surface area (TPSA) is 74.7 Å². The Bertz CT molecular complexity index is 780. The van der Waals surface area contributed by atoms with Crippen molar-refractivity contribution in [3.63, 3.8) is 0 Å². The van der Waals surface area contributed by atoms with Gasteiger partial charge in [-0.1, -0.05) is 36.0 Å². The van der Waals surface area contributed by atoms with Gasteiger partial charge in [-0.3, -0.25) is 14.5 Å². The summed E-state index contributed by atoms with van der Waals surface area (Å²) in [5, 5.41) is 2.93. The van der Waals surface area contributed by atoms with E-state index in [-0.39, 0.29) is 18.2 Å². The van der Waals surface area contributed by atoms with Crippen molar-refractivity contribution < 1.29 is 9.59 Å². The van der Waals surface area contributed by atoms with Crippen LogP contribution in [0.2, 0.25) is 0 Å². The normalized spacial score (nSPS) is 18.6. The molecule has 0 aliphatic carbocycles. The van der Waals surface area contributed by atoms with Crippen LogP contribution in [0, 0.1) is 0 Å². The molecule has 0 bridgehead atoms. The molecular weight excluding hydrogens is 336 g/mol. The quantitative estimate of drug-likeness (QED) is 0.895. The molecular formula is C18H18N4O2S. The van der Waals surface area contributed by atoms with Gasteiger partial charge in [0.25, 0.3) is 0 Å². The molecule has 1 fully saturated rings. The predicted octanol–water partition coefficient (Wildman–Crippen LogP) is 3.06. The highest BCUT2D eigenvalue weighted by molar-refractivity contribution is 8.15. The molecule has 0 unspecified atom stereocenters. The summed E-state index contributed by atoms with van der Waals surface area (Å²) >= 11 is 1.31. The van der Waals surface area contributed by atoms with E-state index in [4.69, 9.17) is 0 Å². The van der Waals surface area contributed by atoms with Crippen LogP contribution in [-0.4, -0.2) is 38.7 Å². The molecule has 2 heterocycles. The molecule has 25 heavy (non-hydrogen) atoms. The van der Waals surface area contributed by atoms with Gasteiger partial charge in [-0.2, -0.15) is 0 Å². The first-order valence-corrected chi connectivity index (χ1v) is 8.88. The summed E-state index contributed by atoms with van der Waals surface area (Å²) in [6.45, 7) is 2.40. The molecule has 1 aliphatic heterocycles. The molecule has 1 atom stereocenters. The number of hydrogen-bond acceptors (Lipinski definition) is 5. The number of thioether (sulfide) groups is 1. The summed E-state index contributed by atoms with van der Waals surface area (Å²) in [7, 11) is 0. The Balaban J connectivity index is 1.69. The Hall–Kier alpha value is -2.67. The minimum atomic E-state index is -0.467. The van der Waals surface area contributed by atoms with Gasteiger partial charge in [0, 0.05) is 24.8 Å². The van der Waals surface area contributed by atoms with Crippen molar-refractivity contribution in [2.24, 2.45) is 4.99 Å². The number of carbonyl (C=O) groups excluding carboxylic acids is 2. The number of benzene rings is 1. The van der Waals surface area contributed by atoms with Crippen LogP contribution < -0.4 is 5.32 Å². The summed E-state index contributed by atoms with van der Waals surface area (Å²) in [6, 6.07) is 14.6. The van der Waals surface area contributed by atoms with Crippen molar-refractivity contribution in [2.75, 3.05) is 11.9 Å². The Morgan fingerprint density at radius 3 is 2.68 bits per heavy atom. The van der Waals surface area contributed by atoms with E-state index in [0.717, 1.165) is 5.69 Å². The number of amides is 2. The van der Waals surface area contributed by atoms with E-state index in [1.54, 1.807) is 17.2 Å². The Morgan fingerprint density at radius 2 is 2.00 bits per heavy atom. The molecule has 1 aliphatic rings. The number of pyridine rings is 1. The van der Waals surface area contributed by atoms with Gasteiger partial charge in [-0.25, -0.2) is 9.98 Å². The standard InChI is InChI=1S/C18H18N4O2S/c1-2-22-17(24)14(12-16(23)20-13-8-4-3-5-9-13)25-18(22)21-15-10-6-7-11-19-15/h3-11,14H,2,12H2,1H3,(H,20,23)/t14-/m1/s1. The van der Waals surface area contributed by atoms with Crippen LogP contribution in [-0.2, 0) is 9.59 Å². The Labute approximate surface area is 150 Å². The molecule has 1 aromatic heterocycles. The monoisotopic (exact) mass is 354 g/mol. The fourth-order valence-electron chi connectivity index (χ4n) is 2.44. The molecule has 0 radical (unpaired) electrons. The second kappa shape index (κ2) is 7.94. The summed E-state index contributed by atoms with van der Waals surface area (Å²) in [4.78, 5) is 35.0. The van der Waals surface area contributed by atoms with Crippen molar-refractivity contribution in [3.05, 3.63) is 54.7 Å². The molecule has 6 nitrogen and oxygen atoms in total. The highest BCUT2D eigenvalue weighted by Gasteiger charge is 2.38. The zero-order valence-electron chi connectivity index (χ0n) is 13.8. The fraction of sp³-hybridized carbons (Fsp3) is 0.222. The lowest BCUT2D eigenvalue weighted by Crippen LogP contribution is -2.33. The molecule has 2 amide bonds. The third kappa shape index (κ3) is 4.24. The minimum Gasteiger partial charge on any atom is -0.326 e. The zero-order chi connectivity index (χ0) is 17.6. The first kappa shape index (κ1) is 17.2. The van der Waals surface area contributed by atoms with Crippen LogP contribution in [0.3, 0.4) is 0 Å². The van der Waals surface area contributed by atoms with Gasteiger partial charge in [-0.15, -0.1) is 0 Å². The number of nitrogens with zero attached hydrogens (tertiary/aromatic N) is 3. The van der Waals surface area contributed by atoms with E-state index >= 15 is 0 Å². The number of aromatic nitrogens is 1. The molecule has 1 N–H and O–H groups in total. The number of aliphatic imine (C=N–C) groups is 1. The van der Waals surface area contributed by atoms with Crippen molar-refractivity contribution in [3.8, 4) is 0 Å². The lowest BCUT2D eigenvalue weighted by Gasteiger charge is -2.13. The lowest BCUT2D eigenvalue weighted by molar-refractivity contribution is -0.128. The van der Waals surface area contributed by atoms with E-state index in [1.165, 1.54) is 11.8 Å². The predicted molar refractivity (Wildman–Crippen MR) is 99.8 cm³/mol. The third-order valence-electron chi connectivity index (χ3n) is 3.62. The van der Waals surface area contributed by atoms with E-state index in [2.05, 4.69) is 15.3 Å². The third-order valence-corrected chi connectivity index (χ3v) is 4.80. The van der Waals surface area contributed by atoms with Crippen molar-refractivity contribution in [1.29, 1.82) is 0 Å². The summed E-state index contributed by atoms with van der Waals surface area (Å²) in [6.07, 6.45) is 1.76. The Morgan fingerprint density at radius 1 is 1.24 bits per heavy atom. The smallest absolute Gasteiger partial charge is 0.242 e. The van der Waals surface area contributed by atoms with Crippen LogP contribution in [0.4, 0.5) is 11.5 Å². The first-order chi connectivity index (χ1) is 12.2. The summed E-state index contributed by atoms with van der Waals surface area (Å²) in [5.41, 5.74) is 0.720. The summed E-state index contributed by atoms with van der Waals surface area (Å²) in [5.74, 6) is 0.267. The van der Waals surface area contributed by atoms with Crippen molar-refractivity contribution in [2.45, 2.75) is 18.6 Å². The highest BCUT2D eigenvalue weighted by atomic mass is 32.2. The number of hydrogen-bond donors (Lipinski definition) is 1. The number of nitrogens with one attached hydrogen (secondary N) is 1. The first-order valence-electron chi connectivity index (χ1n) is 8.00. The van der Waals surface area contributed by atoms with E-state index in [0.29, 0.717) is 17.5 Å². The van der Waals surface area contributed by atoms with Crippen LogP contribution in [0.5, 0.6) is 0 Å². The van der Waals surface area contributed by atoms with Crippen LogP contribution in [0.25, 0.3) is 0 Å². The van der Waals surface area contributed by atoms with E-state index in [1.807, 2.05) is 49.4 Å². The fourth-order valence-corrected chi connectivity index (χ4v) is 3.65. The lowest BCUT2D eigenvalue weighted by atomic mass is 10.2. The zero-order valence-corrected chi connectivity index (χ0v) is 14.6. The van der Waals surface area contributed by atoms with Crippen LogP contribution in [0.15, 0.2) is 59.7 Å². The molecule has 7 heteroatoms. The second-order valence-corrected chi connectivity index (χ2v) is 6.56. The van der Waals surface area contributed by atoms with Gasteiger partial charge in [0.1, 0.15) is 5.25 Å². The van der Waals surface area contributed by atoms with Crippen molar-refractivity contribution in [1.82, 2.24) is 9.88 Å². The maximum atomic E-state index is 12.5. The van der Waals surface area contributed by atoms with E-state index in [9.17, 15) is 9.59 Å². The number of amidine groups is 1. The minimum absolute atomic E-state index is 0.0922. The molecule has 0 spiro atoms. The number of carbonyl (C=O) groups is 2. The van der Waals surface area contributed by atoms with Crippen LogP contribution in [0.1, 0.15) is 13.3 Å². The van der Waals surface area contributed by atoms with Gasteiger partial charge in [0.05, 0.1) is 0 Å². The molecule has 1 aromatic carbocycles. The average Bonchev–Trinajstić information content (AvgIpc) is 2.91. The summed E-state index contributed by atoms with van der Waals surface area (Å²) < 4.78 is 0. The second-order valence-electron chi connectivity index (χ2n) is 5.39. The van der Waals surface area contributed by atoms with Gasteiger partial charge < -0.3 is 5.32 Å². The largest absolute Gasteiger partial charge is 0.326 e. The Kier molecular flexibility index (Phi) is 5.45. The molecule has 2 aromatic rings. The maximum Gasteiger partial charge on any atom is 0.242 e. The number of rotatable bonds is 5. The molecule has 128 valence electrons. The molecule has 1 saturated heterocycles. The molecule has 3 rings (SSSR count). The number of anilines is 1. The van der Waals surface area contributed by atoms with Gasteiger partial charge in [0.2, 0.25) is 11.8 Å².